The summed E-state index contributed by atoms with van der Waals surface area (Å²) in [5.41, 5.74) is -0.313. The molecule has 0 aliphatic carbocycles. The Morgan fingerprint density at radius 1 is 1.31 bits per heavy atom. The molecule has 0 fully saturated rings. The number of benzene rings is 1. The molecule has 0 unspecified atom stereocenters. The van der Waals surface area contributed by atoms with Crippen LogP contribution in [0.5, 0.6) is 5.75 Å². The van der Waals surface area contributed by atoms with E-state index in [0.717, 1.165) is 12.1 Å². The average molecular weight is 302 g/mol. The molecule has 0 bridgehead atoms. The fourth-order valence-electron chi connectivity index (χ4n) is 0.853. The quantitative estimate of drug-likeness (QED) is 0.623. The van der Waals surface area contributed by atoms with Crippen molar-refractivity contribution in [1.82, 2.24) is 0 Å². The van der Waals surface area contributed by atoms with E-state index in [2.05, 4.69) is 0 Å². The van der Waals surface area contributed by atoms with E-state index >= 15 is 0 Å². The van der Waals surface area contributed by atoms with Crippen molar-refractivity contribution in [2.45, 2.75) is 10.6 Å². The minimum absolute atomic E-state index is 0.302. The highest BCUT2D eigenvalue weighted by atomic mass is 127. The van der Waals surface area contributed by atoms with Crippen molar-refractivity contribution >= 4 is 22.6 Å². The summed E-state index contributed by atoms with van der Waals surface area (Å²) >= 11 is 1.97. The van der Waals surface area contributed by atoms with Crippen LogP contribution in [0.4, 0.5) is 13.2 Å². The second-order valence-corrected chi connectivity index (χ2v) is 3.24. The van der Waals surface area contributed by atoms with Gasteiger partial charge in [-0.15, -0.1) is 0 Å². The summed E-state index contributed by atoms with van der Waals surface area (Å²) < 4.78 is 36.8. The van der Waals surface area contributed by atoms with Crippen molar-refractivity contribution in [2.24, 2.45) is 0 Å². The van der Waals surface area contributed by atoms with Crippen molar-refractivity contribution in [2.75, 3.05) is 0 Å². The monoisotopic (exact) mass is 302 g/mol. The summed E-state index contributed by atoms with van der Waals surface area (Å²) in [6.45, 7) is 0. The van der Waals surface area contributed by atoms with E-state index in [0.29, 0.717) is 9.99 Å². The summed E-state index contributed by atoms with van der Waals surface area (Å²) in [6, 6.07) is 2.99. The van der Waals surface area contributed by atoms with Crippen LogP contribution in [-0.2, 0) is 10.6 Å². The molecule has 1 N–H and O–H groups in total. The van der Waals surface area contributed by atoms with E-state index in [1.807, 2.05) is 22.6 Å². The molecule has 0 saturated heterocycles. The highest BCUT2D eigenvalue weighted by molar-refractivity contribution is 14.1. The molecule has 13 heavy (non-hydrogen) atoms. The minimum Gasteiger partial charge on any atom is -0.508 e. The van der Waals surface area contributed by atoms with Crippen LogP contribution in [0.3, 0.4) is 0 Å². The Hall–Kier alpha value is -0.460. The van der Waals surface area contributed by atoms with Crippen LogP contribution >= 0.6 is 22.6 Å². The van der Waals surface area contributed by atoms with Crippen molar-refractivity contribution < 1.29 is 18.3 Å². The largest absolute Gasteiger partial charge is 0.508 e. The van der Waals surface area contributed by atoms with E-state index in [9.17, 15) is 13.2 Å². The van der Waals surface area contributed by atoms with Gasteiger partial charge in [0.25, 0.3) is 0 Å². The summed E-state index contributed by atoms with van der Waals surface area (Å²) in [5, 5.41) is 9.15. The summed E-state index contributed by atoms with van der Waals surface area (Å²) in [6.07, 6.45) is -4.39. The van der Waals surface area contributed by atoms with Gasteiger partial charge in [-0.1, -0.05) is 28.7 Å². The lowest BCUT2D eigenvalue weighted by Gasteiger charge is -2.08. The molecule has 0 aliphatic rings. The molecular formula is C8H6F3IO. The average Bonchev–Trinajstić information content (AvgIpc) is 2.02. The Labute approximate surface area is 86.7 Å². The number of phenolic OH excluding ortho intramolecular Hbond substituents is 1. The molecule has 0 amide bonds. The maximum Gasteiger partial charge on any atom is 0.416 e. The van der Waals surface area contributed by atoms with E-state index in [-0.39, 0.29) is 5.75 Å². The Morgan fingerprint density at radius 2 is 1.92 bits per heavy atom. The lowest BCUT2D eigenvalue weighted by Crippen LogP contribution is -2.04. The van der Waals surface area contributed by atoms with Crippen LogP contribution in [0.25, 0.3) is 0 Å². The van der Waals surface area contributed by atoms with E-state index in [1.165, 1.54) is 6.07 Å². The molecule has 1 nitrogen and oxygen atoms in total. The number of halogens is 4. The van der Waals surface area contributed by atoms with Crippen LogP contribution in [0, 0.1) is 0 Å². The summed E-state index contributed by atoms with van der Waals surface area (Å²) in [4.78, 5) is 0. The summed E-state index contributed by atoms with van der Waals surface area (Å²) in [5.74, 6) is -0.302. The number of aromatic hydroxyl groups is 1. The predicted molar refractivity (Wildman–Crippen MR) is 50.8 cm³/mol. The normalized spacial score (nSPS) is 11.7. The van der Waals surface area contributed by atoms with Crippen LogP contribution in [0.15, 0.2) is 18.2 Å². The van der Waals surface area contributed by atoms with E-state index < -0.39 is 11.7 Å². The second kappa shape index (κ2) is 3.73. The number of rotatable bonds is 1. The van der Waals surface area contributed by atoms with Gasteiger partial charge in [-0.05, 0) is 12.1 Å². The third kappa shape index (κ3) is 2.49. The zero-order valence-corrected chi connectivity index (χ0v) is 8.56. The van der Waals surface area contributed by atoms with E-state index in [4.69, 9.17) is 5.11 Å². The topological polar surface area (TPSA) is 20.2 Å². The Kier molecular flexibility index (Phi) is 3.05. The fraction of sp³-hybridized carbons (Fsp3) is 0.250. The van der Waals surface area contributed by atoms with Crippen LogP contribution in [-0.4, -0.2) is 5.11 Å². The van der Waals surface area contributed by atoms with Gasteiger partial charge in [0.05, 0.1) is 5.56 Å². The van der Waals surface area contributed by atoms with Crippen molar-refractivity contribution in [3.05, 3.63) is 29.3 Å². The molecule has 0 spiro atoms. The second-order valence-electron chi connectivity index (χ2n) is 2.47. The molecule has 1 rings (SSSR count). The first kappa shape index (κ1) is 10.6. The van der Waals surface area contributed by atoms with Gasteiger partial charge < -0.3 is 5.11 Å². The maximum absolute atomic E-state index is 12.1. The van der Waals surface area contributed by atoms with Gasteiger partial charge in [0.1, 0.15) is 5.75 Å². The summed E-state index contributed by atoms with van der Waals surface area (Å²) in [7, 11) is 0. The molecular weight excluding hydrogens is 296 g/mol. The number of hydrogen-bond acceptors (Lipinski definition) is 1. The van der Waals surface area contributed by atoms with E-state index in [1.54, 1.807) is 0 Å². The number of alkyl halides is 4. The van der Waals surface area contributed by atoms with Gasteiger partial charge in [0.2, 0.25) is 0 Å². The third-order valence-electron chi connectivity index (χ3n) is 1.56. The van der Waals surface area contributed by atoms with Gasteiger partial charge >= 0.3 is 6.18 Å². The molecule has 0 saturated carbocycles. The highest BCUT2D eigenvalue weighted by Gasteiger charge is 2.30. The minimum atomic E-state index is -4.39. The molecule has 0 heterocycles. The molecule has 0 atom stereocenters. The standard InChI is InChI=1S/C8H6F3IO/c9-8(10,11)6-2-1-5(4-12)7(13)3-6/h1-3,13H,4H2. The lowest BCUT2D eigenvalue weighted by atomic mass is 10.1. The van der Waals surface area contributed by atoms with Gasteiger partial charge in [0.15, 0.2) is 0 Å². The predicted octanol–water partition coefficient (Wildman–Crippen LogP) is 3.35. The Bertz CT molecular complexity index is 309. The molecule has 72 valence electrons. The SMILES string of the molecule is Oc1cc(C(F)(F)F)ccc1CI. The third-order valence-corrected chi connectivity index (χ3v) is 2.38. The lowest BCUT2D eigenvalue weighted by molar-refractivity contribution is -0.137. The van der Waals surface area contributed by atoms with Crippen LogP contribution < -0.4 is 0 Å². The van der Waals surface area contributed by atoms with Gasteiger partial charge in [-0.25, -0.2) is 0 Å². The van der Waals surface area contributed by atoms with Crippen molar-refractivity contribution in [1.29, 1.82) is 0 Å². The van der Waals surface area contributed by atoms with Crippen LogP contribution in [0.2, 0.25) is 0 Å². The first-order valence-electron chi connectivity index (χ1n) is 3.40. The Morgan fingerprint density at radius 3 is 2.31 bits per heavy atom. The first-order valence-corrected chi connectivity index (χ1v) is 4.92. The van der Waals surface area contributed by atoms with Crippen molar-refractivity contribution in [3.63, 3.8) is 0 Å². The zero-order chi connectivity index (χ0) is 10.1. The van der Waals surface area contributed by atoms with Crippen molar-refractivity contribution in [3.8, 4) is 5.75 Å². The maximum atomic E-state index is 12.1. The fourth-order valence-corrected chi connectivity index (χ4v) is 1.50. The molecule has 1 aromatic rings. The molecule has 0 aliphatic heterocycles. The number of phenols is 1. The zero-order valence-electron chi connectivity index (χ0n) is 6.40. The molecule has 5 heteroatoms. The van der Waals surface area contributed by atoms with Gasteiger partial charge in [-0.3, -0.25) is 0 Å². The molecule has 0 radical (unpaired) electrons. The van der Waals surface area contributed by atoms with Gasteiger partial charge in [-0.2, -0.15) is 13.2 Å². The van der Waals surface area contributed by atoms with Gasteiger partial charge in [0, 0.05) is 9.99 Å². The first-order chi connectivity index (χ1) is 5.95. The highest BCUT2D eigenvalue weighted by Crippen LogP contribution is 2.33. The number of hydrogen-bond donors (Lipinski definition) is 1. The molecule has 1 aromatic carbocycles. The van der Waals surface area contributed by atoms with Crippen LogP contribution in [0.1, 0.15) is 11.1 Å². The smallest absolute Gasteiger partial charge is 0.416 e. The molecule has 0 aromatic heterocycles. The Balaban J connectivity index is 3.10.